The second-order valence-electron chi connectivity index (χ2n) is 7.98. The van der Waals surface area contributed by atoms with E-state index < -0.39 is 0 Å². The highest BCUT2D eigenvalue weighted by atomic mass is 35.5. The molecule has 0 aromatic heterocycles. The first kappa shape index (κ1) is 19.7. The molecule has 2 aliphatic heterocycles. The predicted octanol–water partition coefficient (Wildman–Crippen LogP) is 3.22. The number of benzene rings is 1. The van der Waals surface area contributed by atoms with E-state index in [9.17, 15) is 9.90 Å². The number of halogens is 1. The summed E-state index contributed by atoms with van der Waals surface area (Å²) in [6, 6.07) is 7.52. The molecule has 1 N–H and O–H groups in total. The van der Waals surface area contributed by atoms with Crippen LogP contribution in [0.25, 0.3) is 0 Å². The summed E-state index contributed by atoms with van der Waals surface area (Å²) in [4.78, 5) is 17.2. The Bertz CT molecular complexity index is 614. The zero-order valence-electron chi connectivity index (χ0n) is 15.8. The lowest BCUT2D eigenvalue weighted by molar-refractivity contribution is -0.137. The number of aliphatic hydroxyl groups is 1. The Morgan fingerprint density at radius 3 is 2.65 bits per heavy atom. The van der Waals surface area contributed by atoms with Gasteiger partial charge in [0.1, 0.15) is 0 Å². The second-order valence-corrected chi connectivity index (χ2v) is 8.42. The number of piperidine rings is 2. The first-order chi connectivity index (χ1) is 12.6. The summed E-state index contributed by atoms with van der Waals surface area (Å²) < 4.78 is 0. The highest BCUT2D eigenvalue weighted by Crippen LogP contribution is 2.45. The molecule has 2 saturated heterocycles. The van der Waals surface area contributed by atoms with Crippen molar-refractivity contribution in [2.75, 3.05) is 39.3 Å². The van der Waals surface area contributed by atoms with Crippen LogP contribution in [0.1, 0.15) is 38.2 Å². The molecule has 0 bridgehead atoms. The number of carbonyl (C=O) groups excluding carboxylic acids is 1. The molecule has 3 rings (SSSR count). The number of carbonyl (C=O) groups is 1. The highest BCUT2D eigenvalue weighted by Gasteiger charge is 2.45. The lowest BCUT2D eigenvalue weighted by Crippen LogP contribution is -2.54. The predicted molar refractivity (Wildman–Crippen MR) is 105 cm³/mol. The van der Waals surface area contributed by atoms with Crippen LogP contribution >= 0.6 is 11.6 Å². The Morgan fingerprint density at radius 1 is 1.27 bits per heavy atom. The molecule has 2 fully saturated rings. The van der Waals surface area contributed by atoms with Crippen molar-refractivity contribution in [3.63, 3.8) is 0 Å². The maximum Gasteiger partial charge on any atom is 0.227 e. The van der Waals surface area contributed by atoms with Crippen LogP contribution in [0.2, 0.25) is 5.02 Å². The summed E-state index contributed by atoms with van der Waals surface area (Å²) in [5, 5.41) is 10.7. The quantitative estimate of drug-likeness (QED) is 0.855. The summed E-state index contributed by atoms with van der Waals surface area (Å²) in [5.74, 6) is 0.340. The fourth-order valence-corrected chi connectivity index (χ4v) is 4.93. The van der Waals surface area contributed by atoms with Crippen molar-refractivity contribution >= 4 is 17.5 Å². The van der Waals surface area contributed by atoms with Gasteiger partial charge < -0.3 is 14.9 Å². The SMILES string of the molecule is CCCN1CCC2(CC1)CCN(C(=O)Cc1cccc(Cl)c1)C[C@@H]2CO. The van der Waals surface area contributed by atoms with Gasteiger partial charge in [0, 0.05) is 30.6 Å². The normalized spacial score (nSPS) is 23.3. The molecule has 26 heavy (non-hydrogen) atoms. The van der Waals surface area contributed by atoms with Crippen molar-refractivity contribution in [3.8, 4) is 0 Å². The highest BCUT2D eigenvalue weighted by molar-refractivity contribution is 6.30. The monoisotopic (exact) mass is 378 g/mol. The van der Waals surface area contributed by atoms with E-state index in [1.165, 1.54) is 13.0 Å². The molecule has 1 spiro atoms. The van der Waals surface area contributed by atoms with Gasteiger partial charge in [-0.1, -0.05) is 30.7 Å². The Labute approximate surface area is 162 Å². The summed E-state index contributed by atoms with van der Waals surface area (Å²) >= 11 is 6.03. The largest absolute Gasteiger partial charge is 0.396 e. The van der Waals surface area contributed by atoms with Gasteiger partial charge >= 0.3 is 0 Å². The lowest BCUT2D eigenvalue weighted by Gasteiger charge is -2.51. The van der Waals surface area contributed by atoms with Gasteiger partial charge in [-0.25, -0.2) is 0 Å². The molecule has 5 heteroatoms. The standard InChI is InChI=1S/C21H31ClN2O2/c1-2-9-23-10-6-21(7-11-23)8-12-24(15-18(21)16-25)20(26)14-17-4-3-5-19(22)13-17/h3-5,13,18,25H,2,6-12,14-16H2,1H3/t18-/m1/s1. The fourth-order valence-electron chi connectivity index (χ4n) is 4.72. The molecule has 2 aliphatic rings. The smallest absolute Gasteiger partial charge is 0.227 e. The number of hydrogen-bond donors (Lipinski definition) is 1. The van der Waals surface area contributed by atoms with Gasteiger partial charge in [0.25, 0.3) is 0 Å². The van der Waals surface area contributed by atoms with Crippen molar-refractivity contribution in [2.24, 2.45) is 11.3 Å². The third-order valence-electron chi connectivity index (χ3n) is 6.40. The van der Waals surface area contributed by atoms with E-state index in [2.05, 4.69) is 11.8 Å². The summed E-state index contributed by atoms with van der Waals surface area (Å²) in [5.41, 5.74) is 1.17. The third kappa shape index (κ3) is 4.41. The Hall–Kier alpha value is -1.10. The Balaban J connectivity index is 1.60. The molecule has 1 aromatic carbocycles. The summed E-state index contributed by atoms with van der Waals surface area (Å²) in [6.07, 6.45) is 4.89. The minimum atomic E-state index is 0.143. The van der Waals surface area contributed by atoms with Crippen LogP contribution < -0.4 is 0 Å². The van der Waals surface area contributed by atoms with Crippen LogP contribution in [0.5, 0.6) is 0 Å². The molecule has 0 radical (unpaired) electrons. The van der Waals surface area contributed by atoms with E-state index in [1.54, 1.807) is 0 Å². The van der Waals surface area contributed by atoms with E-state index in [0.29, 0.717) is 18.0 Å². The molecule has 4 nitrogen and oxygen atoms in total. The molecule has 144 valence electrons. The molecule has 0 aliphatic carbocycles. The molecule has 0 saturated carbocycles. The Kier molecular flexibility index (Phi) is 6.60. The molecule has 2 heterocycles. The van der Waals surface area contributed by atoms with Crippen LogP contribution in [0, 0.1) is 11.3 Å². The maximum atomic E-state index is 12.7. The van der Waals surface area contributed by atoms with E-state index >= 15 is 0 Å². The van der Waals surface area contributed by atoms with Crippen LogP contribution in [-0.2, 0) is 11.2 Å². The third-order valence-corrected chi connectivity index (χ3v) is 6.63. The number of hydrogen-bond acceptors (Lipinski definition) is 3. The number of amides is 1. The van der Waals surface area contributed by atoms with Crippen molar-refractivity contribution in [2.45, 2.75) is 39.0 Å². The number of nitrogens with zero attached hydrogens (tertiary/aromatic N) is 2. The lowest BCUT2D eigenvalue weighted by atomic mass is 9.64. The van der Waals surface area contributed by atoms with Crippen LogP contribution in [0.3, 0.4) is 0 Å². The molecular formula is C21H31ClN2O2. The van der Waals surface area contributed by atoms with Crippen molar-refractivity contribution in [1.82, 2.24) is 9.80 Å². The summed E-state index contributed by atoms with van der Waals surface area (Å²) in [7, 11) is 0. The van der Waals surface area contributed by atoms with Gasteiger partial charge in [0.15, 0.2) is 0 Å². The molecule has 1 amide bonds. The molecule has 0 unspecified atom stereocenters. The average molecular weight is 379 g/mol. The van der Waals surface area contributed by atoms with E-state index in [1.807, 2.05) is 29.2 Å². The van der Waals surface area contributed by atoms with Gasteiger partial charge in [-0.15, -0.1) is 0 Å². The van der Waals surface area contributed by atoms with Gasteiger partial charge in [-0.05, 0) is 68.4 Å². The van der Waals surface area contributed by atoms with E-state index in [-0.39, 0.29) is 23.8 Å². The molecule has 1 aromatic rings. The first-order valence-electron chi connectivity index (χ1n) is 9.92. The van der Waals surface area contributed by atoms with Gasteiger partial charge in [-0.3, -0.25) is 4.79 Å². The van der Waals surface area contributed by atoms with Gasteiger partial charge in [-0.2, -0.15) is 0 Å². The fraction of sp³-hybridized carbons (Fsp3) is 0.667. The van der Waals surface area contributed by atoms with Crippen molar-refractivity contribution in [1.29, 1.82) is 0 Å². The van der Waals surface area contributed by atoms with Gasteiger partial charge in [0.05, 0.1) is 6.42 Å². The van der Waals surface area contributed by atoms with E-state index in [0.717, 1.165) is 44.5 Å². The first-order valence-corrected chi connectivity index (χ1v) is 10.3. The second kappa shape index (κ2) is 8.73. The zero-order chi connectivity index (χ0) is 18.6. The summed E-state index contributed by atoms with van der Waals surface area (Å²) in [6.45, 7) is 7.32. The number of aliphatic hydroxyl groups excluding tert-OH is 1. The maximum absolute atomic E-state index is 12.7. The number of rotatable bonds is 5. The van der Waals surface area contributed by atoms with Crippen molar-refractivity contribution < 1.29 is 9.90 Å². The van der Waals surface area contributed by atoms with Crippen LogP contribution in [-0.4, -0.2) is 60.1 Å². The average Bonchev–Trinajstić information content (AvgIpc) is 2.64. The van der Waals surface area contributed by atoms with Crippen LogP contribution in [0.15, 0.2) is 24.3 Å². The zero-order valence-corrected chi connectivity index (χ0v) is 16.5. The van der Waals surface area contributed by atoms with Gasteiger partial charge in [0.2, 0.25) is 5.91 Å². The van der Waals surface area contributed by atoms with E-state index in [4.69, 9.17) is 11.6 Å². The van der Waals surface area contributed by atoms with Crippen molar-refractivity contribution in [3.05, 3.63) is 34.9 Å². The topological polar surface area (TPSA) is 43.8 Å². The minimum Gasteiger partial charge on any atom is -0.396 e. The number of likely N-dealkylation sites (tertiary alicyclic amines) is 2. The molecular weight excluding hydrogens is 348 g/mol. The Morgan fingerprint density at radius 2 is 2.00 bits per heavy atom. The minimum absolute atomic E-state index is 0.143. The van der Waals surface area contributed by atoms with Crippen LogP contribution in [0.4, 0.5) is 0 Å². The molecule has 1 atom stereocenters.